The monoisotopic (exact) mass is 312 g/mol. The van der Waals surface area contributed by atoms with E-state index in [1.54, 1.807) is 18.2 Å². The molecule has 3 unspecified atom stereocenters. The Kier molecular flexibility index (Phi) is 4.23. The largest absolute Gasteiger partial charge is 0.388 e. The zero-order valence-corrected chi connectivity index (χ0v) is 12.2. The zero-order valence-electron chi connectivity index (χ0n) is 10.7. The van der Waals surface area contributed by atoms with Gasteiger partial charge in [0.2, 0.25) is 0 Å². The third-order valence-electron chi connectivity index (χ3n) is 3.57. The Morgan fingerprint density at radius 2 is 2.17 bits per heavy atom. The van der Waals surface area contributed by atoms with Gasteiger partial charge in [0.15, 0.2) is 0 Å². The molecule has 0 heterocycles. The second-order valence-electron chi connectivity index (χ2n) is 5.28. The SMILES string of the molecule is CC1=CC(C)CC(C(O)c2cccc(Br)c2F)C1. The molecule has 1 aliphatic carbocycles. The number of benzene rings is 1. The van der Waals surface area contributed by atoms with E-state index >= 15 is 0 Å². The molecule has 3 heteroatoms. The van der Waals surface area contributed by atoms with E-state index in [-0.39, 0.29) is 11.7 Å². The zero-order chi connectivity index (χ0) is 13.3. The lowest BCUT2D eigenvalue weighted by Gasteiger charge is -2.29. The van der Waals surface area contributed by atoms with Crippen LogP contribution < -0.4 is 0 Å². The quantitative estimate of drug-likeness (QED) is 0.790. The highest BCUT2D eigenvalue weighted by molar-refractivity contribution is 9.10. The van der Waals surface area contributed by atoms with Gasteiger partial charge in [-0.3, -0.25) is 0 Å². The van der Waals surface area contributed by atoms with Crippen molar-refractivity contribution in [1.82, 2.24) is 0 Å². The normalized spacial score (nSPS) is 25.7. The summed E-state index contributed by atoms with van der Waals surface area (Å²) in [5.74, 6) is 0.215. The van der Waals surface area contributed by atoms with E-state index in [1.807, 2.05) is 0 Å². The van der Waals surface area contributed by atoms with Gasteiger partial charge in [0.1, 0.15) is 5.82 Å². The first-order valence-corrected chi connectivity index (χ1v) is 7.07. The minimum atomic E-state index is -0.728. The van der Waals surface area contributed by atoms with Crippen LogP contribution in [0.5, 0.6) is 0 Å². The minimum absolute atomic E-state index is 0.105. The Balaban J connectivity index is 2.24. The molecule has 2 rings (SSSR count). The standard InChI is InChI=1S/C15H18BrFO/c1-9-6-10(2)8-11(7-9)15(18)12-4-3-5-13(16)14(12)17/h3-6,9,11,15,18H,7-8H2,1-2H3. The fourth-order valence-electron chi connectivity index (χ4n) is 2.84. The number of rotatable bonds is 2. The Bertz CT molecular complexity index is 470. The smallest absolute Gasteiger partial charge is 0.143 e. The summed E-state index contributed by atoms with van der Waals surface area (Å²) in [5.41, 5.74) is 1.68. The second-order valence-corrected chi connectivity index (χ2v) is 6.13. The predicted octanol–water partition coefficient (Wildman–Crippen LogP) is 4.61. The lowest BCUT2D eigenvalue weighted by Crippen LogP contribution is -2.20. The molecule has 1 aromatic carbocycles. The molecule has 1 aliphatic rings. The average molecular weight is 313 g/mol. The number of aliphatic hydroxyl groups excluding tert-OH is 1. The van der Waals surface area contributed by atoms with E-state index in [9.17, 15) is 9.50 Å². The summed E-state index contributed by atoms with van der Waals surface area (Å²) in [5, 5.41) is 10.4. The Hall–Kier alpha value is -0.670. The molecule has 0 saturated heterocycles. The molecule has 0 spiro atoms. The Labute approximate surface area is 116 Å². The van der Waals surface area contributed by atoms with Crippen molar-refractivity contribution < 1.29 is 9.50 Å². The molecule has 0 saturated carbocycles. The Morgan fingerprint density at radius 1 is 1.44 bits per heavy atom. The molecular weight excluding hydrogens is 295 g/mol. The molecule has 3 atom stereocenters. The maximum Gasteiger partial charge on any atom is 0.143 e. The summed E-state index contributed by atoms with van der Waals surface area (Å²) >= 11 is 3.16. The fraction of sp³-hybridized carbons (Fsp3) is 0.467. The van der Waals surface area contributed by atoms with Gasteiger partial charge in [0.05, 0.1) is 10.6 Å². The van der Waals surface area contributed by atoms with Crippen LogP contribution >= 0.6 is 15.9 Å². The summed E-state index contributed by atoms with van der Waals surface area (Å²) in [4.78, 5) is 0. The van der Waals surface area contributed by atoms with Crippen LogP contribution in [0.1, 0.15) is 38.4 Å². The van der Waals surface area contributed by atoms with Crippen molar-refractivity contribution in [2.24, 2.45) is 11.8 Å². The van der Waals surface area contributed by atoms with Crippen molar-refractivity contribution in [3.05, 3.63) is 45.7 Å². The van der Waals surface area contributed by atoms with Gasteiger partial charge in [-0.15, -0.1) is 0 Å². The van der Waals surface area contributed by atoms with Gasteiger partial charge >= 0.3 is 0 Å². The molecule has 1 N–H and O–H groups in total. The van der Waals surface area contributed by atoms with Crippen molar-refractivity contribution in [2.75, 3.05) is 0 Å². The second kappa shape index (κ2) is 5.54. The van der Waals surface area contributed by atoms with Crippen LogP contribution in [-0.2, 0) is 0 Å². The number of aliphatic hydroxyl groups is 1. The molecule has 0 fully saturated rings. The van der Waals surface area contributed by atoms with Crippen molar-refractivity contribution >= 4 is 15.9 Å². The molecule has 98 valence electrons. The number of hydrogen-bond acceptors (Lipinski definition) is 1. The van der Waals surface area contributed by atoms with Gasteiger partial charge in [0, 0.05) is 5.56 Å². The number of allylic oxidation sites excluding steroid dienone is 2. The van der Waals surface area contributed by atoms with E-state index in [2.05, 4.69) is 35.9 Å². The van der Waals surface area contributed by atoms with Crippen molar-refractivity contribution in [2.45, 2.75) is 32.8 Å². The lowest BCUT2D eigenvalue weighted by molar-refractivity contribution is 0.0897. The predicted molar refractivity (Wildman–Crippen MR) is 74.7 cm³/mol. The summed E-state index contributed by atoms with van der Waals surface area (Å²) < 4.78 is 14.4. The summed E-state index contributed by atoms with van der Waals surface area (Å²) in [6.45, 7) is 4.21. The van der Waals surface area contributed by atoms with Crippen molar-refractivity contribution in [3.63, 3.8) is 0 Å². The first kappa shape index (κ1) is 13.8. The van der Waals surface area contributed by atoms with Crippen LogP contribution in [0.15, 0.2) is 34.3 Å². The lowest BCUT2D eigenvalue weighted by atomic mass is 9.79. The van der Waals surface area contributed by atoms with Gasteiger partial charge in [-0.1, -0.05) is 30.7 Å². The summed E-state index contributed by atoms with van der Waals surface area (Å²) in [6, 6.07) is 5.09. The van der Waals surface area contributed by atoms with Gasteiger partial charge in [0.25, 0.3) is 0 Å². The van der Waals surface area contributed by atoms with E-state index < -0.39 is 6.10 Å². The van der Waals surface area contributed by atoms with Gasteiger partial charge in [-0.2, -0.15) is 0 Å². The Morgan fingerprint density at radius 3 is 2.83 bits per heavy atom. The third-order valence-corrected chi connectivity index (χ3v) is 4.19. The third kappa shape index (κ3) is 2.83. The first-order chi connectivity index (χ1) is 8.49. The van der Waals surface area contributed by atoms with Crippen molar-refractivity contribution in [1.29, 1.82) is 0 Å². The molecule has 0 aliphatic heterocycles. The molecule has 18 heavy (non-hydrogen) atoms. The molecule has 0 aromatic heterocycles. The maximum atomic E-state index is 14.0. The van der Waals surface area contributed by atoms with Gasteiger partial charge in [-0.05, 0) is 53.6 Å². The molecule has 1 aromatic rings. The molecule has 0 amide bonds. The van der Waals surface area contributed by atoms with E-state index in [1.165, 1.54) is 5.57 Å². The topological polar surface area (TPSA) is 20.2 Å². The van der Waals surface area contributed by atoms with Crippen LogP contribution in [0.3, 0.4) is 0 Å². The highest BCUT2D eigenvalue weighted by atomic mass is 79.9. The van der Waals surface area contributed by atoms with E-state index in [4.69, 9.17) is 0 Å². The fourth-order valence-corrected chi connectivity index (χ4v) is 3.22. The number of hydrogen-bond donors (Lipinski definition) is 1. The molecule has 0 radical (unpaired) electrons. The maximum absolute atomic E-state index is 14.0. The molecular formula is C15H18BrFO. The average Bonchev–Trinajstić information content (AvgIpc) is 2.30. The van der Waals surface area contributed by atoms with Crippen LogP contribution in [0.2, 0.25) is 0 Å². The highest BCUT2D eigenvalue weighted by Crippen LogP contribution is 2.38. The van der Waals surface area contributed by atoms with Crippen LogP contribution in [0.25, 0.3) is 0 Å². The van der Waals surface area contributed by atoms with Crippen LogP contribution in [0, 0.1) is 17.7 Å². The van der Waals surface area contributed by atoms with Crippen molar-refractivity contribution in [3.8, 4) is 0 Å². The molecule has 1 nitrogen and oxygen atoms in total. The number of halogens is 2. The minimum Gasteiger partial charge on any atom is -0.388 e. The van der Waals surface area contributed by atoms with Crippen LogP contribution in [0.4, 0.5) is 4.39 Å². The van der Waals surface area contributed by atoms with E-state index in [0.717, 1.165) is 12.8 Å². The van der Waals surface area contributed by atoms with E-state index in [0.29, 0.717) is 16.0 Å². The van der Waals surface area contributed by atoms with Gasteiger partial charge in [-0.25, -0.2) is 4.39 Å². The first-order valence-electron chi connectivity index (χ1n) is 6.28. The van der Waals surface area contributed by atoms with Gasteiger partial charge < -0.3 is 5.11 Å². The molecule has 0 bridgehead atoms. The summed E-state index contributed by atoms with van der Waals surface area (Å²) in [6.07, 6.45) is 3.26. The highest BCUT2D eigenvalue weighted by Gasteiger charge is 2.28. The van der Waals surface area contributed by atoms with Crippen LogP contribution in [-0.4, -0.2) is 5.11 Å². The summed E-state index contributed by atoms with van der Waals surface area (Å²) in [7, 11) is 0.